The van der Waals surface area contributed by atoms with Gasteiger partial charge in [-0.3, -0.25) is 4.79 Å². The maximum atomic E-state index is 12.7. The Balaban J connectivity index is 2.02. The molecule has 0 saturated heterocycles. The van der Waals surface area contributed by atoms with E-state index in [1.165, 1.54) is 19.2 Å². The summed E-state index contributed by atoms with van der Waals surface area (Å²) in [5.41, 5.74) is 0.717. The number of carbonyl (C=O) groups excluding carboxylic acids is 1. The molecule has 2 aromatic rings. The molecule has 0 atom stereocenters. The number of nitrogens with zero attached hydrogens (tertiary/aromatic N) is 1. The summed E-state index contributed by atoms with van der Waals surface area (Å²) in [5, 5.41) is 2.85. The first-order chi connectivity index (χ1) is 14.0. The molecule has 0 fully saturated rings. The van der Waals surface area contributed by atoms with Gasteiger partial charge in [0.1, 0.15) is 10.6 Å². The van der Waals surface area contributed by atoms with Crippen LogP contribution >= 0.6 is 0 Å². The number of carbonyl (C=O) groups is 1. The number of hydrogen-bond acceptors (Lipinski definition) is 5. The molecule has 1 amide bonds. The van der Waals surface area contributed by atoms with Crippen molar-refractivity contribution < 1.29 is 17.9 Å². The molecule has 0 aliphatic rings. The van der Waals surface area contributed by atoms with Crippen molar-refractivity contribution in [2.45, 2.75) is 37.6 Å². The third-order valence-electron chi connectivity index (χ3n) is 4.31. The summed E-state index contributed by atoms with van der Waals surface area (Å²) >= 11 is 0. The number of benzene rings is 2. The van der Waals surface area contributed by atoms with E-state index in [1.807, 2.05) is 37.4 Å². The van der Waals surface area contributed by atoms with E-state index in [9.17, 15) is 13.2 Å². The zero-order chi connectivity index (χ0) is 22.4. The van der Waals surface area contributed by atoms with Gasteiger partial charge in [-0.15, -0.1) is 0 Å². The van der Waals surface area contributed by atoms with Crippen molar-refractivity contribution in [1.82, 2.24) is 10.0 Å². The van der Waals surface area contributed by atoms with E-state index in [-0.39, 0.29) is 22.1 Å². The molecular weight excluding hydrogens is 402 g/mol. The van der Waals surface area contributed by atoms with Gasteiger partial charge in [-0.1, -0.05) is 18.2 Å². The summed E-state index contributed by atoms with van der Waals surface area (Å²) < 4.78 is 33.3. The van der Waals surface area contributed by atoms with Crippen LogP contribution in [0.25, 0.3) is 0 Å². The monoisotopic (exact) mass is 433 g/mol. The van der Waals surface area contributed by atoms with Crippen LogP contribution in [0, 0.1) is 0 Å². The second-order valence-electron chi connectivity index (χ2n) is 8.09. The van der Waals surface area contributed by atoms with Crippen LogP contribution in [-0.2, 0) is 10.0 Å². The first-order valence-electron chi connectivity index (χ1n) is 9.80. The van der Waals surface area contributed by atoms with Gasteiger partial charge < -0.3 is 15.0 Å². The van der Waals surface area contributed by atoms with Crippen molar-refractivity contribution in [1.29, 1.82) is 0 Å². The molecule has 0 aliphatic carbocycles. The van der Waals surface area contributed by atoms with Gasteiger partial charge >= 0.3 is 0 Å². The van der Waals surface area contributed by atoms with Crippen molar-refractivity contribution in [3.63, 3.8) is 0 Å². The van der Waals surface area contributed by atoms with Crippen molar-refractivity contribution in [2.75, 3.05) is 32.1 Å². The van der Waals surface area contributed by atoms with E-state index < -0.39 is 15.6 Å². The van der Waals surface area contributed by atoms with E-state index in [0.29, 0.717) is 6.54 Å². The van der Waals surface area contributed by atoms with Gasteiger partial charge in [0, 0.05) is 36.9 Å². The molecule has 2 aromatic carbocycles. The number of sulfonamides is 1. The summed E-state index contributed by atoms with van der Waals surface area (Å²) in [4.78, 5) is 14.6. The fourth-order valence-electron chi connectivity index (χ4n) is 2.92. The minimum absolute atomic E-state index is 0.0589. The first kappa shape index (κ1) is 23.7. The van der Waals surface area contributed by atoms with Gasteiger partial charge in [0.2, 0.25) is 10.0 Å². The van der Waals surface area contributed by atoms with Crippen LogP contribution in [-0.4, -0.2) is 47.1 Å². The molecule has 0 heterocycles. The zero-order valence-electron chi connectivity index (χ0n) is 18.2. The smallest absolute Gasteiger partial charge is 0.251 e. The highest BCUT2D eigenvalue weighted by Gasteiger charge is 2.26. The highest BCUT2D eigenvalue weighted by molar-refractivity contribution is 7.89. The molecular formula is C22H31N3O4S. The largest absolute Gasteiger partial charge is 0.495 e. The molecule has 164 valence electrons. The Hall–Kier alpha value is -2.58. The zero-order valence-corrected chi connectivity index (χ0v) is 19.0. The number of anilines is 1. The van der Waals surface area contributed by atoms with Crippen LogP contribution in [0.3, 0.4) is 0 Å². The lowest BCUT2D eigenvalue weighted by atomic mass is 10.1. The average molecular weight is 434 g/mol. The molecule has 0 bridgehead atoms. The van der Waals surface area contributed by atoms with Crippen LogP contribution in [0.1, 0.15) is 37.6 Å². The fourth-order valence-corrected chi connectivity index (χ4v) is 4.53. The van der Waals surface area contributed by atoms with Gasteiger partial charge in [-0.05, 0) is 57.5 Å². The molecule has 0 radical (unpaired) electrons. The SMILES string of the molecule is COc1ccc(C(=O)NCCCN(C)c2ccccc2)cc1S(=O)(=O)NC(C)(C)C. The number of methoxy groups -OCH3 is 1. The van der Waals surface area contributed by atoms with E-state index in [4.69, 9.17) is 4.74 Å². The highest BCUT2D eigenvalue weighted by Crippen LogP contribution is 2.26. The summed E-state index contributed by atoms with van der Waals surface area (Å²) in [5.74, 6) is -0.139. The maximum Gasteiger partial charge on any atom is 0.251 e. The van der Waals surface area contributed by atoms with E-state index in [1.54, 1.807) is 26.8 Å². The third-order valence-corrected chi connectivity index (χ3v) is 6.09. The van der Waals surface area contributed by atoms with Crippen LogP contribution < -0.4 is 19.7 Å². The summed E-state index contributed by atoms with van der Waals surface area (Å²) in [7, 11) is -0.448. The Morgan fingerprint density at radius 3 is 2.37 bits per heavy atom. The Morgan fingerprint density at radius 1 is 1.10 bits per heavy atom. The second kappa shape index (κ2) is 9.95. The Labute approximate surface area is 179 Å². The molecule has 2 rings (SSSR count). The minimum Gasteiger partial charge on any atom is -0.495 e. The van der Waals surface area contributed by atoms with E-state index >= 15 is 0 Å². The van der Waals surface area contributed by atoms with Gasteiger partial charge in [-0.25, -0.2) is 13.1 Å². The second-order valence-corrected chi connectivity index (χ2v) is 9.74. The lowest BCUT2D eigenvalue weighted by Gasteiger charge is -2.21. The highest BCUT2D eigenvalue weighted by atomic mass is 32.2. The van der Waals surface area contributed by atoms with Crippen molar-refractivity contribution in [3.05, 3.63) is 54.1 Å². The van der Waals surface area contributed by atoms with Crippen LogP contribution in [0.5, 0.6) is 5.75 Å². The molecule has 0 spiro atoms. The topological polar surface area (TPSA) is 87.7 Å². The fraction of sp³-hybridized carbons (Fsp3) is 0.409. The summed E-state index contributed by atoms with van der Waals surface area (Å²) in [6.45, 7) is 6.51. The number of hydrogen-bond donors (Lipinski definition) is 2. The number of para-hydroxylation sites is 1. The summed E-state index contributed by atoms with van der Waals surface area (Å²) in [6, 6.07) is 14.4. The normalized spacial score (nSPS) is 11.8. The van der Waals surface area contributed by atoms with Crippen molar-refractivity contribution in [2.24, 2.45) is 0 Å². The van der Waals surface area contributed by atoms with Crippen LogP contribution in [0.4, 0.5) is 5.69 Å². The minimum atomic E-state index is -3.85. The molecule has 8 heteroatoms. The molecule has 7 nitrogen and oxygen atoms in total. The lowest BCUT2D eigenvalue weighted by Crippen LogP contribution is -2.40. The predicted octanol–water partition coefficient (Wildman–Crippen LogP) is 3.03. The van der Waals surface area contributed by atoms with Gasteiger partial charge in [0.05, 0.1) is 7.11 Å². The number of ether oxygens (including phenoxy) is 1. The van der Waals surface area contributed by atoms with Gasteiger partial charge in [0.25, 0.3) is 5.91 Å². The van der Waals surface area contributed by atoms with Crippen LogP contribution in [0.2, 0.25) is 0 Å². The first-order valence-corrected chi connectivity index (χ1v) is 11.3. The quantitative estimate of drug-likeness (QED) is 0.594. The van der Waals surface area contributed by atoms with E-state index in [2.05, 4.69) is 14.9 Å². The van der Waals surface area contributed by atoms with E-state index in [0.717, 1.165) is 18.7 Å². The van der Waals surface area contributed by atoms with Crippen molar-refractivity contribution in [3.8, 4) is 5.75 Å². The Kier molecular flexibility index (Phi) is 7.86. The molecule has 2 N–H and O–H groups in total. The number of rotatable bonds is 9. The molecule has 0 aliphatic heterocycles. The molecule has 0 aromatic heterocycles. The standard InChI is InChI=1S/C22H31N3O4S/c1-22(2,3)24-30(27,28)20-16-17(12-13-19(20)29-5)21(26)23-14-9-15-25(4)18-10-7-6-8-11-18/h6-8,10-13,16,24H,9,14-15H2,1-5H3,(H,23,26). The average Bonchev–Trinajstić information content (AvgIpc) is 2.69. The van der Waals surface area contributed by atoms with Crippen LogP contribution in [0.15, 0.2) is 53.4 Å². The molecule has 0 saturated carbocycles. The van der Waals surface area contributed by atoms with Gasteiger partial charge in [0.15, 0.2) is 0 Å². The Morgan fingerprint density at radius 2 is 1.77 bits per heavy atom. The number of amides is 1. The van der Waals surface area contributed by atoms with Crippen molar-refractivity contribution >= 4 is 21.6 Å². The predicted molar refractivity (Wildman–Crippen MR) is 120 cm³/mol. The lowest BCUT2D eigenvalue weighted by molar-refractivity contribution is 0.0953. The third kappa shape index (κ3) is 6.74. The van der Waals surface area contributed by atoms with Gasteiger partial charge in [-0.2, -0.15) is 0 Å². The molecule has 0 unspecified atom stereocenters. The molecule has 30 heavy (non-hydrogen) atoms. The number of nitrogens with one attached hydrogen (secondary N) is 2. The maximum absolute atomic E-state index is 12.7. The Bertz CT molecular complexity index is 954. The summed E-state index contributed by atoms with van der Waals surface area (Å²) in [6.07, 6.45) is 0.754.